The van der Waals surface area contributed by atoms with Crippen LogP contribution in [-0.4, -0.2) is 41.8 Å². The van der Waals surface area contributed by atoms with Gasteiger partial charge >= 0.3 is 5.97 Å². The predicted molar refractivity (Wildman–Crippen MR) is 146 cm³/mol. The SMILES string of the molecule is CCCCCCCCC(=O)N(C)c1cccc(-c2ccc(C[C@H](NC(=O)CCC(C)=O)C(=O)O)cc2)c1. The van der Waals surface area contributed by atoms with Gasteiger partial charge in [0.1, 0.15) is 11.8 Å². The summed E-state index contributed by atoms with van der Waals surface area (Å²) in [6, 6.07) is 14.2. The van der Waals surface area contributed by atoms with Gasteiger partial charge in [-0.1, -0.05) is 75.4 Å². The second-order valence-corrected chi connectivity index (χ2v) is 9.58. The van der Waals surface area contributed by atoms with Gasteiger partial charge in [0.15, 0.2) is 0 Å². The van der Waals surface area contributed by atoms with Crippen molar-refractivity contribution in [3.63, 3.8) is 0 Å². The van der Waals surface area contributed by atoms with E-state index in [1.807, 2.05) is 48.5 Å². The number of carbonyl (C=O) groups is 4. The molecule has 0 saturated carbocycles. The third kappa shape index (κ3) is 10.6. The first-order valence-electron chi connectivity index (χ1n) is 13.2. The molecule has 0 aromatic heterocycles. The number of benzene rings is 2. The lowest BCUT2D eigenvalue weighted by atomic mass is 10.00. The van der Waals surface area contributed by atoms with Crippen LogP contribution in [0.25, 0.3) is 11.1 Å². The highest BCUT2D eigenvalue weighted by molar-refractivity contribution is 5.93. The van der Waals surface area contributed by atoms with Gasteiger partial charge in [-0.25, -0.2) is 4.79 Å². The fourth-order valence-electron chi connectivity index (χ4n) is 4.09. The number of aliphatic carboxylic acids is 1. The third-order valence-corrected chi connectivity index (χ3v) is 6.42. The number of hydrogen-bond donors (Lipinski definition) is 2. The van der Waals surface area contributed by atoms with E-state index in [0.717, 1.165) is 35.2 Å². The lowest BCUT2D eigenvalue weighted by Crippen LogP contribution is -2.42. The summed E-state index contributed by atoms with van der Waals surface area (Å²) in [6.07, 6.45) is 7.60. The van der Waals surface area contributed by atoms with E-state index in [4.69, 9.17) is 0 Å². The molecule has 0 aliphatic rings. The van der Waals surface area contributed by atoms with Crippen LogP contribution >= 0.6 is 0 Å². The number of nitrogens with zero attached hydrogens (tertiary/aromatic N) is 1. The third-order valence-electron chi connectivity index (χ3n) is 6.42. The van der Waals surface area contributed by atoms with Crippen molar-refractivity contribution in [2.75, 3.05) is 11.9 Å². The molecule has 2 rings (SSSR count). The molecular formula is C30H40N2O5. The van der Waals surface area contributed by atoms with Gasteiger partial charge in [-0.05, 0) is 42.2 Å². The Bertz CT molecular complexity index is 1050. The van der Waals surface area contributed by atoms with Crippen LogP contribution in [0.15, 0.2) is 48.5 Å². The second-order valence-electron chi connectivity index (χ2n) is 9.58. The maximum atomic E-state index is 12.7. The van der Waals surface area contributed by atoms with Gasteiger partial charge < -0.3 is 20.1 Å². The number of amides is 2. The molecule has 2 aromatic rings. The molecule has 37 heavy (non-hydrogen) atoms. The number of carboxylic acids is 1. The maximum absolute atomic E-state index is 12.7. The molecule has 0 aliphatic carbocycles. The smallest absolute Gasteiger partial charge is 0.326 e. The molecule has 0 heterocycles. The Morgan fingerprint density at radius 3 is 2.19 bits per heavy atom. The Balaban J connectivity index is 1.98. The average Bonchev–Trinajstić information content (AvgIpc) is 2.89. The number of hydrogen-bond acceptors (Lipinski definition) is 4. The van der Waals surface area contributed by atoms with Crippen molar-refractivity contribution in [3.8, 4) is 11.1 Å². The monoisotopic (exact) mass is 508 g/mol. The molecule has 7 heteroatoms. The van der Waals surface area contributed by atoms with E-state index in [9.17, 15) is 24.3 Å². The van der Waals surface area contributed by atoms with Crippen LogP contribution in [0.3, 0.4) is 0 Å². The van der Waals surface area contributed by atoms with E-state index in [1.54, 1.807) is 11.9 Å². The Morgan fingerprint density at radius 2 is 1.54 bits per heavy atom. The molecule has 0 unspecified atom stereocenters. The van der Waals surface area contributed by atoms with Crippen molar-refractivity contribution in [2.24, 2.45) is 0 Å². The summed E-state index contributed by atoms with van der Waals surface area (Å²) < 4.78 is 0. The Kier molecular flexibility index (Phi) is 12.5. The summed E-state index contributed by atoms with van der Waals surface area (Å²) in [4.78, 5) is 49.1. The van der Waals surface area contributed by atoms with Crippen LogP contribution in [0.1, 0.15) is 77.2 Å². The standard InChI is InChI=1S/C30H40N2O5/c1-4-5-6-7-8-9-13-29(35)32(3)26-12-10-11-25(21-26)24-17-15-23(16-18-24)20-27(30(36)37)31-28(34)19-14-22(2)33/h10-12,15-18,21,27H,4-9,13-14,19-20H2,1-3H3,(H,31,34)(H,36,37)/t27-/m0/s1. The summed E-state index contributed by atoms with van der Waals surface area (Å²) in [7, 11) is 1.80. The van der Waals surface area contributed by atoms with E-state index in [-0.39, 0.29) is 31.0 Å². The Labute approximate surface area is 220 Å². The van der Waals surface area contributed by atoms with Crippen LogP contribution in [0.2, 0.25) is 0 Å². The number of unbranched alkanes of at least 4 members (excludes halogenated alkanes) is 5. The second kappa shape index (κ2) is 15.6. The lowest BCUT2D eigenvalue weighted by molar-refractivity contribution is -0.141. The van der Waals surface area contributed by atoms with Crippen LogP contribution < -0.4 is 10.2 Å². The first kappa shape index (κ1) is 29.7. The Morgan fingerprint density at radius 1 is 0.865 bits per heavy atom. The molecule has 200 valence electrons. The minimum atomic E-state index is -1.12. The van der Waals surface area contributed by atoms with Crippen LogP contribution in [0.5, 0.6) is 0 Å². The molecule has 2 N–H and O–H groups in total. The minimum Gasteiger partial charge on any atom is -0.480 e. The molecule has 0 bridgehead atoms. The number of Topliss-reactive ketones (excluding diaryl/α,β-unsaturated/α-hetero) is 1. The molecule has 2 amide bonds. The van der Waals surface area contributed by atoms with Crippen molar-refractivity contribution < 1.29 is 24.3 Å². The van der Waals surface area contributed by atoms with Crippen LogP contribution in [-0.2, 0) is 25.6 Å². The topological polar surface area (TPSA) is 104 Å². The molecule has 0 saturated heterocycles. The van der Waals surface area contributed by atoms with Crippen molar-refractivity contribution in [1.82, 2.24) is 5.32 Å². The molecular weight excluding hydrogens is 468 g/mol. The quantitative estimate of drug-likeness (QED) is 0.289. The number of ketones is 1. The fraction of sp³-hybridized carbons (Fsp3) is 0.467. The largest absolute Gasteiger partial charge is 0.480 e. The van der Waals surface area contributed by atoms with E-state index >= 15 is 0 Å². The summed E-state index contributed by atoms with van der Waals surface area (Å²) in [5.41, 5.74) is 3.50. The minimum absolute atomic E-state index is 0.0235. The van der Waals surface area contributed by atoms with Crippen molar-refractivity contribution in [3.05, 3.63) is 54.1 Å². The zero-order chi connectivity index (χ0) is 27.2. The number of nitrogens with one attached hydrogen (secondary N) is 1. The highest BCUT2D eigenvalue weighted by Gasteiger charge is 2.20. The van der Waals surface area contributed by atoms with Gasteiger partial charge in [-0.2, -0.15) is 0 Å². The molecule has 0 spiro atoms. The summed E-state index contributed by atoms with van der Waals surface area (Å²) in [5, 5.41) is 12.0. The Hall–Kier alpha value is -3.48. The first-order chi connectivity index (χ1) is 17.7. The maximum Gasteiger partial charge on any atom is 0.326 e. The number of rotatable bonds is 16. The normalized spacial score (nSPS) is 11.5. The van der Waals surface area contributed by atoms with Gasteiger partial charge in [0.2, 0.25) is 11.8 Å². The molecule has 1 atom stereocenters. The summed E-state index contributed by atoms with van der Waals surface area (Å²) in [5.74, 6) is -1.59. The van der Waals surface area contributed by atoms with Crippen LogP contribution in [0, 0.1) is 0 Å². The lowest BCUT2D eigenvalue weighted by Gasteiger charge is -2.18. The highest BCUT2D eigenvalue weighted by Crippen LogP contribution is 2.25. The molecule has 2 aromatic carbocycles. The summed E-state index contributed by atoms with van der Waals surface area (Å²) >= 11 is 0. The highest BCUT2D eigenvalue weighted by atomic mass is 16.4. The molecule has 0 aliphatic heterocycles. The van der Waals surface area contributed by atoms with E-state index in [2.05, 4.69) is 12.2 Å². The molecule has 7 nitrogen and oxygen atoms in total. The fourth-order valence-corrected chi connectivity index (χ4v) is 4.09. The van der Waals surface area contributed by atoms with Gasteiger partial charge in [0, 0.05) is 38.4 Å². The van der Waals surface area contributed by atoms with Gasteiger partial charge in [0.05, 0.1) is 0 Å². The van der Waals surface area contributed by atoms with Crippen molar-refractivity contribution >= 4 is 29.3 Å². The van der Waals surface area contributed by atoms with E-state index in [1.165, 1.54) is 32.6 Å². The van der Waals surface area contributed by atoms with Gasteiger partial charge in [0.25, 0.3) is 0 Å². The average molecular weight is 509 g/mol. The predicted octanol–water partition coefficient (Wildman–Crippen LogP) is 5.55. The molecule has 0 fully saturated rings. The van der Waals surface area contributed by atoms with E-state index in [0.29, 0.717) is 6.42 Å². The number of anilines is 1. The van der Waals surface area contributed by atoms with Crippen molar-refractivity contribution in [1.29, 1.82) is 0 Å². The number of carboxylic acid groups (broad SMARTS) is 1. The number of carbonyl (C=O) groups excluding carboxylic acids is 3. The van der Waals surface area contributed by atoms with Gasteiger partial charge in [-0.15, -0.1) is 0 Å². The van der Waals surface area contributed by atoms with Gasteiger partial charge in [-0.3, -0.25) is 9.59 Å². The van der Waals surface area contributed by atoms with Crippen LogP contribution in [0.4, 0.5) is 5.69 Å². The first-order valence-corrected chi connectivity index (χ1v) is 13.2. The zero-order valence-electron chi connectivity index (χ0n) is 22.3. The summed E-state index contributed by atoms with van der Waals surface area (Å²) in [6.45, 7) is 3.59. The zero-order valence-corrected chi connectivity index (χ0v) is 22.3. The van der Waals surface area contributed by atoms with E-state index < -0.39 is 17.9 Å². The van der Waals surface area contributed by atoms with Crippen molar-refractivity contribution in [2.45, 2.75) is 84.1 Å². The molecule has 0 radical (unpaired) electrons.